The molecule has 2 rings (SSSR count). The zero-order chi connectivity index (χ0) is 13.3. The fraction of sp³-hybridized carbons (Fsp3) is 0.462. The number of hydrogen-bond donors (Lipinski definition) is 0. The van der Waals surface area contributed by atoms with Gasteiger partial charge >= 0.3 is 5.97 Å². The average molecular weight is 352 g/mol. The van der Waals surface area contributed by atoms with Crippen LogP contribution in [0.25, 0.3) is 0 Å². The van der Waals surface area contributed by atoms with Crippen molar-refractivity contribution in [2.45, 2.75) is 31.3 Å². The van der Waals surface area contributed by atoms with Crippen LogP contribution in [0.1, 0.15) is 25.3 Å². The lowest BCUT2D eigenvalue weighted by Gasteiger charge is -2.24. The van der Waals surface area contributed by atoms with E-state index in [1.807, 2.05) is 13.0 Å². The molecule has 1 aromatic rings. The first-order chi connectivity index (χ1) is 8.53. The molecule has 2 unspecified atom stereocenters. The number of benzene rings is 1. The first kappa shape index (κ1) is 14.2. The second kappa shape index (κ2) is 5.40. The van der Waals surface area contributed by atoms with E-state index in [4.69, 9.17) is 27.9 Å². The third-order valence-corrected chi connectivity index (χ3v) is 4.88. The SMILES string of the molecule is CCC1CC(CBr)(c2ccc(Cl)cc2Cl)C(=O)O1. The number of halogens is 3. The van der Waals surface area contributed by atoms with Gasteiger partial charge in [0.15, 0.2) is 0 Å². The third-order valence-electron chi connectivity index (χ3n) is 3.37. The topological polar surface area (TPSA) is 26.3 Å². The molecular formula is C13H13BrCl2O2. The summed E-state index contributed by atoms with van der Waals surface area (Å²) in [6.45, 7) is 2.01. The van der Waals surface area contributed by atoms with Crippen molar-refractivity contribution in [3.63, 3.8) is 0 Å². The number of esters is 1. The monoisotopic (exact) mass is 350 g/mol. The first-order valence-corrected chi connectivity index (χ1v) is 7.64. The van der Waals surface area contributed by atoms with Crippen LogP contribution in [0.2, 0.25) is 10.0 Å². The van der Waals surface area contributed by atoms with Crippen molar-refractivity contribution in [3.05, 3.63) is 33.8 Å². The van der Waals surface area contributed by atoms with Gasteiger partial charge in [-0.3, -0.25) is 4.79 Å². The van der Waals surface area contributed by atoms with Crippen LogP contribution in [0.4, 0.5) is 0 Å². The highest BCUT2D eigenvalue weighted by Gasteiger charge is 2.50. The molecule has 0 spiro atoms. The summed E-state index contributed by atoms with van der Waals surface area (Å²) in [5, 5.41) is 1.57. The average Bonchev–Trinajstić information content (AvgIpc) is 2.67. The maximum absolute atomic E-state index is 12.2. The molecule has 0 aromatic heterocycles. The quantitative estimate of drug-likeness (QED) is 0.597. The summed E-state index contributed by atoms with van der Waals surface area (Å²) in [6, 6.07) is 5.22. The predicted octanol–water partition coefficient (Wildman–Crippen LogP) is 4.35. The van der Waals surface area contributed by atoms with E-state index in [-0.39, 0.29) is 12.1 Å². The fourth-order valence-corrected chi connectivity index (χ4v) is 3.63. The van der Waals surface area contributed by atoms with Crippen LogP contribution in [0.15, 0.2) is 18.2 Å². The molecule has 1 aromatic carbocycles. The Morgan fingerprint density at radius 2 is 2.22 bits per heavy atom. The Bertz CT molecular complexity index is 478. The number of ether oxygens (including phenoxy) is 1. The molecule has 1 heterocycles. The molecule has 1 saturated heterocycles. The van der Waals surface area contributed by atoms with E-state index in [9.17, 15) is 4.79 Å². The van der Waals surface area contributed by atoms with Crippen LogP contribution in [0.3, 0.4) is 0 Å². The van der Waals surface area contributed by atoms with Gasteiger partial charge in [-0.25, -0.2) is 0 Å². The number of hydrogen-bond acceptors (Lipinski definition) is 2. The Kier molecular flexibility index (Phi) is 4.25. The van der Waals surface area contributed by atoms with Gasteiger partial charge in [0.25, 0.3) is 0 Å². The lowest BCUT2D eigenvalue weighted by Crippen LogP contribution is -2.33. The van der Waals surface area contributed by atoms with Crippen LogP contribution in [-0.4, -0.2) is 17.4 Å². The molecule has 0 amide bonds. The number of alkyl halides is 1. The van der Waals surface area contributed by atoms with Gasteiger partial charge in [0.05, 0.1) is 0 Å². The zero-order valence-electron chi connectivity index (χ0n) is 9.88. The van der Waals surface area contributed by atoms with E-state index in [1.165, 1.54) is 0 Å². The van der Waals surface area contributed by atoms with Crippen LogP contribution in [-0.2, 0) is 14.9 Å². The van der Waals surface area contributed by atoms with E-state index in [0.717, 1.165) is 12.0 Å². The largest absolute Gasteiger partial charge is 0.462 e. The first-order valence-electron chi connectivity index (χ1n) is 5.76. The number of cyclic esters (lactones) is 1. The summed E-state index contributed by atoms with van der Waals surface area (Å²) in [5.74, 6) is -0.213. The molecule has 0 radical (unpaired) electrons. The molecule has 18 heavy (non-hydrogen) atoms. The van der Waals surface area contributed by atoms with Crippen molar-refractivity contribution in [2.24, 2.45) is 0 Å². The minimum atomic E-state index is -0.692. The molecule has 5 heteroatoms. The summed E-state index contributed by atoms with van der Waals surface area (Å²) in [4.78, 5) is 12.2. The molecule has 0 bridgehead atoms. The molecule has 1 aliphatic rings. The molecule has 1 aliphatic heterocycles. The Hall–Kier alpha value is -0.250. The number of rotatable bonds is 3. The van der Waals surface area contributed by atoms with E-state index >= 15 is 0 Å². The van der Waals surface area contributed by atoms with Gasteiger partial charge in [-0.15, -0.1) is 0 Å². The maximum atomic E-state index is 12.2. The van der Waals surface area contributed by atoms with E-state index < -0.39 is 5.41 Å². The molecule has 0 N–H and O–H groups in total. The highest BCUT2D eigenvalue weighted by molar-refractivity contribution is 9.09. The van der Waals surface area contributed by atoms with Crippen LogP contribution in [0.5, 0.6) is 0 Å². The highest BCUT2D eigenvalue weighted by Crippen LogP contribution is 2.43. The van der Waals surface area contributed by atoms with E-state index in [0.29, 0.717) is 21.8 Å². The summed E-state index contributed by atoms with van der Waals surface area (Å²) < 4.78 is 5.40. The summed E-state index contributed by atoms with van der Waals surface area (Å²) in [7, 11) is 0. The molecular weight excluding hydrogens is 339 g/mol. The van der Waals surface area contributed by atoms with Crippen LogP contribution < -0.4 is 0 Å². The van der Waals surface area contributed by atoms with E-state index in [2.05, 4.69) is 15.9 Å². The summed E-state index contributed by atoms with van der Waals surface area (Å²) >= 11 is 15.5. The van der Waals surface area contributed by atoms with Crippen molar-refractivity contribution in [2.75, 3.05) is 5.33 Å². The van der Waals surface area contributed by atoms with Crippen LogP contribution >= 0.6 is 39.1 Å². The summed E-state index contributed by atoms with van der Waals surface area (Å²) in [5.41, 5.74) is 0.0916. The maximum Gasteiger partial charge on any atom is 0.317 e. The van der Waals surface area contributed by atoms with Crippen molar-refractivity contribution >= 4 is 45.1 Å². The fourth-order valence-electron chi connectivity index (χ4n) is 2.28. The van der Waals surface area contributed by atoms with Gasteiger partial charge in [0, 0.05) is 21.8 Å². The number of carbonyl (C=O) groups is 1. The standard InChI is InChI=1S/C13H13BrCl2O2/c1-2-9-6-13(7-14,12(17)18-9)10-4-3-8(15)5-11(10)16/h3-5,9H,2,6-7H2,1H3. The molecule has 0 aliphatic carbocycles. The lowest BCUT2D eigenvalue weighted by atomic mass is 9.79. The number of carbonyl (C=O) groups excluding carboxylic acids is 1. The van der Waals surface area contributed by atoms with Crippen molar-refractivity contribution in [3.8, 4) is 0 Å². The zero-order valence-corrected chi connectivity index (χ0v) is 13.0. The Morgan fingerprint density at radius 3 is 2.72 bits per heavy atom. The minimum absolute atomic E-state index is 0.0400. The van der Waals surface area contributed by atoms with Gasteiger partial charge < -0.3 is 4.74 Å². The molecule has 2 atom stereocenters. The molecule has 1 fully saturated rings. The summed E-state index contributed by atoms with van der Waals surface area (Å²) in [6.07, 6.45) is 1.42. The molecule has 2 nitrogen and oxygen atoms in total. The van der Waals surface area contributed by atoms with Crippen LogP contribution in [0, 0.1) is 0 Å². The second-order valence-electron chi connectivity index (χ2n) is 4.48. The Morgan fingerprint density at radius 1 is 1.50 bits per heavy atom. The normalized spacial score (nSPS) is 27.3. The minimum Gasteiger partial charge on any atom is -0.462 e. The highest BCUT2D eigenvalue weighted by atomic mass is 79.9. The predicted molar refractivity (Wildman–Crippen MR) is 76.7 cm³/mol. The molecule has 98 valence electrons. The van der Waals surface area contributed by atoms with Crippen molar-refractivity contribution in [1.82, 2.24) is 0 Å². The van der Waals surface area contributed by atoms with Crippen molar-refractivity contribution < 1.29 is 9.53 Å². The lowest BCUT2D eigenvalue weighted by molar-refractivity contribution is -0.145. The van der Waals surface area contributed by atoms with E-state index in [1.54, 1.807) is 12.1 Å². The smallest absolute Gasteiger partial charge is 0.317 e. The van der Waals surface area contributed by atoms with Gasteiger partial charge in [0.1, 0.15) is 11.5 Å². The Labute approximate surface area is 125 Å². The van der Waals surface area contributed by atoms with Gasteiger partial charge in [-0.1, -0.05) is 52.1 Å². The van der Waals surface area contributed by atoms with Crippen molar-refractivity contribution in [1.29, 1.82) is 0 Å². The van der Waals surface area contributed by atoms with Gasteiger partial charge in [-0.05, 0) is 24.1 Å². The molecule has 0 saturated carbocycles. The van der Waals surface area contributed by atoms with Gasteiger partial charge in [-0.2, -0.15) is 0 Å². The third kappa shape index (κ3) is 2.28. The Balaban J connectivity index is 2.47. The van der Waals surface area contributed by atoms with Gasteiger partial charge in [0.2, 0.25) is 0 Å². The second-order valence-corrected chi connectivity index (χ2v) is 5.88.